The van der Waals surface area contributed by atoms with Crippen LogP contribution in [-0.2, 0) is 56.9 Å². The molecule has 0 saturated heterocycles. The number of carbonyl (C=O) groups is 4. The molecule has 0 aromatic heterocycles. The molecule has 3 aliphatic rings. The Kier molecular flexibility index (Phi) is 22.1. The van der Waals surface area contributed by atoms with E-state index < -0.39 is 45.5 Å². The smallest absolute Gasteiger partial charge is 0.313 e. The van der Waals surface area contributed by atoms with Crippen LogP contribution in [0, 0.1) is 0 Å². The monoisotopic (exact) mass is 1190 g/mol. The van der Waals surface area contributed by atoms with Crippen molar-refractivity contribution in [3.63, 3.8) is 0 Å². The Morgan fingerprint density at radius 3 is 1.02 bits per heavy atom. The van der Waals surface area contributed by atoms with Crippen LogP contribution in [0.5, 0.6) is 46.0 Å². The van der Waals surface area contributed by atoms with Crippen molar-refractivity contribution in [3.8, 4) is 46.0 Å². The molecule has 0 spiro atoms. The summed E-state index contributed by atoms with van der Waals surface area (Å²) < 4.78 is 34.7. The van der Waals surface area contributed by atoms with E-state index in [1.165, 1.54) is 0 Å². The van der Waals surface area contributed by atoms with E-state index in [0.29, 0.717) is 57.3 Å². The van der Waals surface area contributed by atoms with Gasteiger partial charge in [0, 0.05) is 75.7 Å². The highest BCUT2D eigenvalue weighted by Crippen LogP contribution is 2.41. The number of aromatic hydroxyl groups is 4. The van der Waals surface area contributed by atoms with Crippen LogP contribution in [-0.4, -0.2) is 114 Å². The predicted molar refractivity (Wildman–Crippen MR) is 332 cm³/mol. The third-order valence-electron chi connectivity index (χ3n) is 15.7. The quantitative estimate of drug-likeness (QED) is 0.0811. The Hall–Kier alpha value is -7.15. The molecule has 4 atom stereocenters. The summed E-state index contributed by atoms with van der Waals surface area (Å²) >= 11 is 0. The maximum atomic E-state index is 13.3. The number of phenols is 4. The van der Waals surface area contributed by atoms with Gasteiger partial charge in [0.25, 0.3) is 0 Å². The first-order valence-electron chi connectivity index (χ1n) is 30.2. The van der Waals surface area contributed by atoms with Gasteiger partial charge >= 0.3 is 23.9 Å². The molecule has 7 rings (SSSR count). The van der Waals surface area contributed by atoms with Gasteiger partial charge in [-0.05, 0) is 95.9 Å². The molecular weight excluding hydrogens is 1100 g/mol. The van der Waals surface area contributed by atoms with Gasteiger partial charge in [-0.3, -0.25) is 34.2 Å². The van der Waals surface area contributed by atoms with Gasteiger partial charge in [-0.1, -0.05) is 109 Å². The van der Waals surface area contributed by atoms with Crippen LogP contribution in [0.4, 0.5) is 0 Å². The van der Waals surface area contributed by atoms with Crippen molar-refractivity contribution in [1.29, 1.82) is 0 Å². The SMILES string of the molecule is CC(C)(C)c1cc2cc(c1O)C=N[C@H]1CCCC[C@@H]1NCc1cc(cc(C(C)(C)C)c1O)OC(=O)CCOCCC(=O)Oc1cc(c(O)c(C(C)(C)C)c1)C=N[C@@H]1CCCC[C@H]1N=Cc1cc(cc(C(C)(C)C)c1O)OC(=O)CCOCCC(=O)O2. The highest BCUT2D eigenvalue weighted by Gasteiger charge is 2.30. The highest BCUT2D eigenvalue weighted by molar-refractivity contribution is 5.88. The molecule has 0 amide bonds. The maximum absolute atomic E-state index is 13.3. The third-order valence-corrected chi connectivity index (χ3v) is 15.7. The van der Waals surface area contributed by atoms with Gasteiger partial charge in [-0.15, -0.1) is 0 Å². The van der Waals surface area contributed by atoms with Gasteiger partial charge in [0.05, 0.1) is 70.2 Å². The minimum Gasteiger partial charge on any atom is -0.507 e. The van der Waals surface area contributed by atoms with Crippen LogP contribution in [0.2, 0.25) is 0 Å². The second-order valence-corrected chi connectivity index (χ2v) is 26.9. The van der Waals surface area contributed by atoms with E-state index in [-0.39, 0.29) is 129 Å². The van der Waals surface area contributed by atoms with Gasteiger partial charge in [-0.25, -0.2) is 0 Å². The van der Waals surface area contributed by atoms with Gasteiger partial charge < -0.3 is 54.2 Å². The summed E-state index contributed by atoms with van der Waals surface area (Å²) in [6, 6.07) is 12.0. The summed E-state index contributed by atoms with van der Waals surface area (Å²) in [6.07, 6.45) is 10.9. The van der Waals surface area contributed by atoms with Crippen LogP contribution in [0.3, 0.4) is 0 Å². The van der Waals surface area contributed by atoms with Crippen molar-refractivity contribution in [2.45, 2.75) is 213 Å². The molecule has 2 saturated carbocycles. The lowest BCUT2D eigenvalue weighted by molar-refractivity contribution is -0.138. The van der Waals surface area contributed by atoms with E-state index >= 15 is 0 Å². The number of phenolic OH excluding ortho intramolecular Hbond substituents is 4. The number of hydrogen-bond acceptors (Lipinski definition) is 18. The molecule has 0 unspecified atom stereocenters. The molecule has 86 heavy (non-hydrogen) atoms. The zero-order valence-electron chi connectivity index (χ0n) is 52.4. The molecule has 8 bridgehead atoms. The zero-order valence-corrected chi connectivity index (χ0v) is 52.4. The van der Waals surface area contributed by atoms with Gasteiger partial charge in [-0.2, -0.15) is 0 Å². The summed E-state index contributed by atoms with van der Waals surface area (Å²) in [5.41, 5.74) is 1.73. The average Bonchev–Trinajstić information content (AvgIpc) is 2.57. The summed E-state index contributed by atoms with van der Waals surface area (Å²) in [5, 5.41) is 50.0. The lowest BCUT2D eigenvalue weighted by atomic mass is 9.84. The number of nitrogens with one attached hydrogen (secondary N) is 1. The van der Waals surface area contributed by atoms with Crippen molar-refractivity contribution in [3.05, 3.63) is 93.0 Å². The van der Waals surface area contributed by atoms with Crippen LogP contribution >= 0.6 is 0 Å². The fourth-order valence-corrected chi connectivity index (χ4v) is 10.8. The number of benzene rings is 4. The van der Waals surface area contributed by atoms with E-state index in [1.807, 2.05) is 83.1 Å². The molecule has 0 radical (unpaired) electrons. The standard InChI is InChI=1S/C68H90N4O14/c1-65(2,3)49-33-45-29-41(61(49)77)37-69-53-17-13-14-18-54(53)70-38-42-30-46(34-50(62(42)78)66(4,5)6)85-59(75)23-27-82-28-24-60(76)86-48-32-44(64(80)52(36-48)68(10,11)12)40-72-56-20-16-15-19-55(56)71-39-43-31-47(35-51(63(43)79)67(7,8)9)84-58(74)22-26-81-25-21-57(73)83-45/h29-39,53-56,72,77-80H,13-28,40H2,1-12H3/t53-,54-,55+,56+/m1/s1. The average molecular weight is 1190 g/mol. The van der Waals surface area contributed by atoms with E-state index in [9.17, 15) is 39.6 Å². The van der Waals surface area contributed by atoms with Crippen LogP contribution in [0.25, 0.3) is 0 Å². The Morgan fingerprint density at radius 2 is 0.686 bits per heavy atom. The Labute approximate surface area is 506 Å². The molecule has 18 nitrogen and oxygen atoms in total. The Balaban J connectivity index is 1.15. The topological polar surface area (TPSA) is 254 Å². The van der Waals surface area contributed by atoms with Gasteiger partial charge in [0.2, 0.25) is 0 Å². The van der Waals surface area contributed by atoms with Crippen molar-refractivity contribution in [2.75, 3.05) is 26.4 Å². The van der Waals surface area contributed by atoms with Crippen LogP contribution < -0.4 is 24.3 Å². The number of rotatable bonds is 0. The fraction of sp³-hybridized carbons (Fsp3) is 0.544. The van der Waals surface area contributed by atoms with Crippen molar-refractivity contribution in [1.82, 2.24) is 5.32 Å². The normalized spacial score (nSPS) is 21.1. The first-order valence-corrected chi connectivity index (χ1v) is 30.2. The number of carbonyl (C=O) groups excluding carboxylic acids is 4. The van der Waals surface area contributed by atoms with Crippen LogP contribution in [0.1, 0.15) is 205 Å². The van der Waals surface area contributed by atoms with Gasteiger partial charge in [0.1, 0.15) is 46.0 Å². The molecule has 2 fully saturated rings. The van der Waals surface area contributed by atoms with E-state index in [1.54, 1.807) is 67.2 Å². The van der Waals surface area contributed by atoms with E-state index in [0.717, 1.165) is 38.5 Å². The van der Waals surface area contributed by atoms with Crippen molar-refractivity contribution < 1.29 is 68.0 Å². The number of ether oxygens (including phenoxy) is 6. The molecule has 2 aliphatic carbocycles. The zero-order chi connectivity index (χ0) is 62.7. The Morgan fingerprint density at radius 1 is 0.395 bits per heavy atom. The molecule has 1 heterocycles. The molecule has 4 aromatic rings. The predicted octanol–water partition coefficient (Wildman–Crippen LogP) is 12.0. The molecule has 1 aliphatic heterocycles. The summed E-state index contributed by atoms with van der Waals surface area (Å²) in [7, 11) is 0. The molecule has 18 heteroatoms. The molecular formula is C68H90N4O14. The van der Waals surface area contributed by atoms with Crippen molar-refractivity contribution >= 4 is 42.5 Å². The lowest BCUT2D eigenvalue weighted by Crippen LogP contribution is -2.41. The minimum atomic E-state index is -0.583. The summed E-state index contributed by atoms with van der Waals surface area (Å²) in [4.78, 5) is 68.0. The number of esters is 4. The first-order chi connectivity index (χ1) is 40.4. The number of aliphatic imine (C=N–C) groups is 3. The number of nitrogens with zero attached hydrogens (tertiary/aromatic N) is 3. The maximum Gasteiger partial charge on any atom is 0.313 e. The van der Waals surface area contributed by atoms with Crippen molar-refractivity contribution in [2.24, 2.45) is 15.0 Å². The summed E-state index contributed by atoms with van der Waals surface area (Å²) in [6.45, 7) is 23.4. The third kappa shape index (κ3) is 18.4. The Bertz CT molecular complexity index is 3170. The largest absolute Gasteiger partial charge is 0.507 e. The number of fused-ring (bicyclic) bond motifs is 10. The van der Waals surface area contributed by atoms with E-state index in [4.69, 9.17) is 43.4 Å². The van der Waals surface area contributed by atoms with E-state index in [2.05, 4.69) is 5.32 Å². The first kappa shape index (κ1) is 66.4. The van der Waals surface area contributed by atoms with Gasteiger partial charge in [0.15, 0.2) is 0 Å². The highest BCUT2D eigenvalue weighted by atomic mass is 16.6. The summed E-state index contributed by atoms with van der Waals surface area (Å²) in [5.74, 6) is -1.28. The minimum absolute atomic E-state index is 0.00120. The molecule has 4 aromatic carbocycles. The second kappa shape index (κ2) is 28.6. The number of hydrogen-bond donors (Lipinski definition) is 5. The van der Waals surface area contributed by atoms with Crippen LogP contribution in [0.15, 0.2) is 63.5 Å². The second-order valence-electron chi connectivity index (χ2n) is 26.9. The molecule has 466 valence electrons. The molecule has 5 N–H and O–H groups in total. The lowest BCUT2D eigenvalue weighted by Gasteiger charge is -2.30. The fourth-order valence-electron chi connectivity index (χ4n) is 10.8.